The molecule has 0 saturated heterocycles. The lowest BCUT2D eigenvalue weighted by molar-refractivity contribution is 0.780. The SMILES string of the molecule is c1ccc(CCCc2ncc(Cc3ccccc3)[nH]2)cc1. The fourth-order valence-corrected chi connectivity index (χ4v) is 2.54. The van der Waals surface area contributed by atoms with Gasteiger partial charge in [-0.15, -0.1) is 0 Å². The fourth-order valence-electron chi connectivity index (χ4n) is 2.54. The second-order valence-electron chi connectivity index (χ2n) is 5.36. The molecule has 0 unspecified atom stereocenters. The maximum absolute atomic E-state index is 4.49. The van der Waals surface area contributed by atoms with E-state index in [1.54, 1.807) is 0 Å². The molecule has 2 nitrogen and oxygen atoms in total. The quantitative estimate of drug-likeness (QED) is 0.719. The first-order valence-corrected chi connectivity index (χ1v) is 7.51. The Bertz CT molecular complexity index is 656. The molecular formula is C19H20N2. The number of hydrogen-bond donors (Lipinski definition) is 1. The van der Waals surface area contributed by atoms with Gasteiger partial charge < -0.3 is 4.98 Å². The number of aromatic nitrogens is 2. The summed E-state index contributed by atoms with van der Waals surface area (Å²) < 4.78 is 0. The molecule has 0 bridgehead atoms. The number of aromatic amines is 1. The van der Waals surface area contributed by atoms with Gasteiger partial charge in [-0.1, -0.05) is 60.7 Å². The smallest absolute Gasteiger partial charge is 0.106 e. The minimum Gasteiger partial charge on any atom is -0.346 e. The van der Waals surface area contributed by atoms with Gasteiger partial charge in [0.15, 0.2) is 0 Å². The summed E-state index contributed by atoms with van der Waals surface area (Å²) in [6, 6.07) is 21.1. The molecule has 0 aliphatic carbocycles. The van der Waals surface area contributed by atoms with E-state index in [9.17, 15) is 0 Å². The van der Waals surface area contributed by atoms with Crippen LogP contribution in [0.15, 0.2) is 66.9 Å². The van der Waals surface area contributed by atoms with Crippen LogP contribution >= 0.6 is 0 Å². The highest BCUT2D eigenvalue weighted by atomic mass is 14.9. The van der Waals surface area contributed by atoms with E-state index in [0.29, 0.717) is 0 Å². The number of H-pyrrole nitrogens is 1. The summed E-state index contributed by atoms with van der Waals surface area (Å²) in [5.74, 6) is 1.09. The Kier molecular flexibility index (Phi) is 4.47. The lowest BCUT2D eigenvalue weighted by Crippen LogP contribution is -1.93. The predicted octanol–water partition coefficient (Wildman–Crippen LogP) is 4.18. The first-order chi connectivity index (χ1) is 10.4. The Hall–Kier alpha value is -2.35. The summed E-state index contributed by atoms with van der Waals surface area (Å²) in [4.78, 5) is 7.92. The molecule has 0 aliphatic rings. The number of aryl methyl sites for hydroxylation is 2. The van der Waals surface area contributed by atoms with Crippen molar-refractivity contribution in [2.75, 3.05) is 0 Å². The number of hydrogen-bond acceptors (Lipinski definition) is 1. The van der Waals surface area contributed by atoms with Gasteiger partial charge in [-0.25, -0.2) is 4.98 Å². The molecule has 0 atom stereocenters. The molecule has 1 N–H and O–H groups in total. The van der Waals surface area contributed by atoms with E-state index in [4.69, 9.17) is 0 Å². The lowest BCUT2D eigenvalue weighted by Gasteiger charge is -2.00. The molecular weight excluding hydrogens is 256 g/mol. The average molecular weight is 276 g/mol. The fraction of sp³-hybridized carbons (Fsp3) is 0.211. The molecule has 2 aromatic carbocycles. The van der Waals surface area contributed by atoms with E-state index in [-0.39, 0.29) is 0 Å². The van der Waals surface area contributed by atoms with Gasteiger partial charge >= 0.3 is 0 Å². The van der Waals surface area contributed by atoms with Crippen molar-refractivity contribution in [1.29, 1.82) is 0 Å². The summed E-state index contributed by atoms with van der Waals surface area (Å²) in [6.45, 7) is 0. The van der Waals surface area contributed by atoms with Gasteiger partial charge in [-0.05, 0) is 24.0 Å². The van der Waals surface area contributed by atoms with Gasteiger partial charge in [-0.3, -0.25) is 0 Å². The molecule has 0 aliphatic heterocycles. The summed E-state index contributed by atoms with van der Waals surface area (Å²) in [6.07, 6.45) is 6.12. The summed E-state index contributed by atoms with van der Waals surface area (Å²) in [5, 5.41) is 0. The van der Waals surface area contributed by atoms with Crippen LogP contribution in [0.1, 0.15) is 29.1 Å². The molecule has 3 rings (SSSR count). The molecule has 2 heteroatoms. The van der Waals surface area contributed by atoms with Crippen LogP contribution in [0.4, 0.5) is 0 Å². The van der Waals surface area contributed by atoms with E-state index >= 15 is 0 Å². The molecule has 1 aromatic heterocycles. The van der Waals surface area contributed by atoms with E-state index < -0.39 is 0 Å². The first kappa shape index (κ1) is 13.6. The number of nitrogens with zero attached hydrogens (tertiary/aromatic N) is 1. The summed E-state index contributed by atoms with van der Waals surface area (Å²) in [5.41, 5.74) is 3.90. The standard InChI is InChI=1S/C19H20N2/c1-3-8-16(9-4-1)12-7-13-19-20-15-18(21-19)14-17-10-5-2-6-11-17/h1-6,8-11,15H,7,12-14H2,(H,20,21). The highest BCUT2D eigenvalue weighted by molar-refractivity contribution is 5.21. The highest BCUT2D eigenvalue weighted by Gasteiger charge is 2.02. The normalized spacial score (nSPS) is 10.7. The topological polar surface area (TPSA) is 28.7 Å². The Labute approximate surface area is 125 Å². The van der Waals surface area contributed by atoms with Crippen molar-refractivity contribution in [3.05, 3.63) is 89.5 Å². The van der Waals surface area contributed by atoms with Gasteiger partial charge in [0.2, 0.25) is 0 Å². The van der Waals surface area contributed by atoms with E-state index in [1.165, 1.54) is 16.8 Å². The first-order valence-electron chi connectivity index (χ1n) is 7.51. The second-order valence-corrected chi connectivity index (χ2v) is 5.36. The molecule has 106 valence electrons. The molecule has 0 spiro atoms. The molecule has 1 heterocycles. The van der Waals surface area contributed by atoms with Crippen molar-refractivity contribution in [2.24, 2.45) is 0 Å². The lowest BCUT2D eigenvalue weighted by atomic mass is 10.1. The maximum atomic E-state index is 4.49. The van der Waals surface area contributed by atoms with Crippen LogP contribution in [0.5, 0.6) is 0 Å². The van der Waals surface area contributed by atoms with Gasteiger partial charge in [0.05, 0.1) is 0 Å². The van der Waals surface area contributed by atoms with E-state index in [1.807, 2.05) is 12.3 Å². The van der Waals surface area contributed by atoms with Gasteiger partial charge in [0.1, 0.15) is 5.82 Å². The molecule has 0 saturated carbocycles. The van der Waals surface area contributed by atoms with Gasteiger partial charge in [0, 0.05) is 24.7 Å². The zero-order valence-corrected chi connectivity index (χ0v) is 12.1. The summed E-state index contributed by atoms with van der Waals surface area (Å²) in [7, 11) is 0. The molecule has 3 aromatic rings. The van der Waals surface area contributed by atoms with Crippen molar-refractivity contribution in [2.45, 2.75) is 25.7 Å². The molecule has 21 heavy (non-hydrogen) atoms. The monoisotopic (exact) mass is 276 g/mol. The zero-order valence-electron chi connectivity index (χ0n) is 12.1. The van der Waals surface area contributed by atoms with Gasteiger partial charge in [-0.2, -0.15) is 0 Å². The molecule has 0 fully saturated rings. The third-order valence-electron chi connectivity index (χ3n) is 3.64. The minimum atomic E-state index is 0.923. The van der Waals surface area contributed by atoms with Crippen LogP contribution in [-0.4, -0.2) is 9.97 Å². The maximum Gasteiger partial charge on any atom is 0.106 e. The summed E-state index contributed by atoms with van der Waals surface area (Å²) >= 11 is 0. The van der Waals surface area contributed by atoms with Crippen LogP contribution in [-0.2, 0) is 19.3 Å². The van der Waals surface area contributed by atoms with E-state index in [0.717, 1.165) is 31.5 Å². The average Bonchev–Trinajstić information content (AvgIpc) is 2.97. The van der Waals surface area contributed by atoms with Gasteiger partial charge in [0.25, 0.3) is 0 Å². The third-order valence-corrected chi connectivity index (χ3v) is 3.64. The Morgan fingerprint density at radius 1 is 0.762 bits per heavy atom. The number of rotatable bonds is 6. The van der Waals surface area contributed by atoms with Crippen molar-refractivity contribution < 1.29 is 0 Å². The third kappa shape index (κ3) is 4.06. The molecule has 0 amide bonds. The van der Waals surface area contributed by atoms with Crippen LogP contribution in [0.2, 0.25) is 0 Å². The number of imidazole rings is 1. The Morgan fingerprint density at radius 2 is 1.43 bits per heavy atom. The minimum absolute atomic E-state index is 0.923. The Balaban J connectivity index is 1.51. The molecule has 0 radical (unpaired) electrons. The largest absolute Gasteiger partial charge is 0.346 e. The van der Waals surface area contributed by atoms with Crippen molar-refractivity contribution in [1.82, 2.24) is 9.97 Å². The number of nitrogens with one attached hydrogen (secondary N) is 1. The second kappa shape index (κ2) is 6.89. The van der Waals surface area contributed by atoms with E-state index in [2.05, 4.69) is 64.6 Å². The Morgan fingerprint density at radius 3 is 2.14 bits per heavy atom. The van der Waals surface area contributed by atoms with Crippen LogP contribution < -0.4 is 0 Å². The van der Waals surface area contributed by atoms with Crippen molar-refractivity contribution in [3.63, 3.8) is 0 Å². The highest BCUT2D eigenvalue weighted by Crippen LogP contribution is 2.09. The zero-order chi connectivity index (χ0) is 14.3. The van der Waals surface area contributed by atoms with Crippen molar-refractivity contribution in [3.8, 4) is 0 Å². The number of benzene rings is 2. The van der Waals surface area contributed by atoms with Crippen LogP contribution in [0.25, 0.3) is 0 Å². The predicted molar refractivity (Wildman–Crippen MR) is 86.3 cm³/mol. The van der Waals surface area contributed by atoms with Crippen LogP contribution in [0.3, 0.4) is 0 Å². The van der Waals surface area contributed by atoms with Crippen LogP contribution in [0, 0.1) is 0 Å². The van der Waals surface area contributed by atoms with Crippen molar-refractivity contribution >= 4 is 0 Å².